The second kappa shape index (κ2) is 10.9. The van der Waals surface area contributed by atoms with E-state index in [4.69, 9.17) is 13.1 Å². The van der Waals surface area contributed by atoms with Crippen molar-refractivity contribution in [3.8, 4) is 33.6 Å². The van der Waals surface area contributed by atoms with Crippen LogP contribution in [-0.2, 0) is 0 Å². The van der Waals surface area contributed by atoms with Crippen molar-refractivity contribution >= 4 is 55.0 Å². The van der Waals surface area contributed by atoms with Gasteiger partial charge in [0, 0.05) is 27.4 Å². The molecule has 0 radical (unpaired) electrons. The number of aromatic nitrogens is 2. The van der Waals surface area contributed by atoms with Gasteiger partial charge in [0.2, 0.25) is 5.69 Å². The molecule has 0 fully saturated rings. The molecule has 0 atom stereocenters. The predicted molar refractivity (Wildman–Crippen MR) is 199 cm³/mol. The highest BCUT2D eigenvalue weighted by molar-refractivity contribution is 6.14. The molecule has 9 aromatic rings. The summed E-state index contributed by atoms with van der Waals surface area (Å²) in [4.78, 5) is 7.87. The topological polar surface area (TPSA) is 18.6 Å². The highest BCUT2D eigenvalue weighted by Crippen LogP contribution is 2.42. The molecule has 2 heterocycles. The molecule has 9 rings (SSSR count). The lowest BCUT2D eigenvalue weighted by atomic mass is 9.96. The van der Waals surface area contributed by atoms with Crippen molar-refractivity contribution < 1.29 is 0 Å². The van der Waals surface area contributed by atoms with E-state index in [2.05, 4.69) is 152 Å². The lowest BCUT2D eigenvalue weighted by molar-refractivity contribution is 1.18. The minimum Gasteiger partial charge on any atom is -0.318 e. The van der Waals surface area contributed by atoms with Gasteiger partial charge in [-0.3, -0.25) is 0 Å². The summed E-state index contributed by atoms with van der Waals surface area (Å²) in [6.07, 6.45) is 0. The van der Waals surface area contributed by atoms with Gasteiger partial charge >= 0.3 is 0 Å². The molecule has 0 aliphatic carbocycles. The molecular weight excluding hydrogens is 585 g/mol. The first-order valence-electron chi connectivity index (χ1n) is 15.8. The Morgan fingerprint density at radius 3 is 1.62 bits per heavy atom. The summed E-state index contributed by atoms with van der Waals surface area (Å²) in [5.41, 5.74) is 11.4. The maximum atomic E-state index is 8.07. The van der Waals surface area contributed by atoms with Crippen molar-refractivity contribution in [1.29, 1.82) is 0 Å². The molecule has 0 saturated heterocycles. The molecule has 48 heavy (non-hydrogen) atoms. The first-order chi connectivity index (χ1) is 23.7. The highest BCUT2D eigenvalue weighted by Gasteiger charge is 2.19. The van der Waals surface area contributed by atoms with Crippen molar-refractivity contribution in [2.45, 2.75) is 0 Å². The zero-order valence-corrected chi connectivity index (χ0v) is 25.8. The average molecular weight is 611 g/mol. The highest BCUT2D eigenvalue weighted by atomic mass is 15.0. The molecule has 0 aliphatic heterocycles. The van der Waals surface area contributed by atoms with Gasteiger partial charge in [0.15, 0.2) is 5.69 Å². The minimum atomic E-state index is 0.606. The first-order valence-corrected chi connectivity index (χ1v) is 15.8. The molecule has 0 saturated carbocycles. The van der Waals surface area contributed by atoms with E-state index in [0.717, 1.165) is 66.5 Å². The van der Waals surface area contributed by atoms with Crippen LogP contribution in [0.3, 0.4) is 0 Å². The Morgan fingerprint density at radius 1 is 0.396 bits per heavy atom. The zero-order valence-electron chi connectivity index (χ0n) is 25.8. The monoisotopic (exact) mass is 610 g/mol. The fourth-order valence-corrected chi connectivity index (χ4v) is 7.30. The molecule has 0 amide bonds. The van der Waals surface area contributed by atoms with E-state index in [-0.39, 0.29) is 0 Å². The summed E-state index contributed by atoms with van der Waals surface area (Å²) in [7, 11) is 0. The van der Waals surface area contributed by atoms with Crippen LogP contribution in [-0.4, -0.2) is 9.13 Å². The van der Waals surface area contributed by atoms with Crippen LogP contribution in [0.2, 0.25) is 0 Å². The standard InChI is InChI=1S/C44H26N4/c1-45-38-26-25-31(47-41-22-8-4-16-33(41)34-17-5-9-23-42(34)47)28-37(38)30-14-11-13-29(27-30)32-15-3-7-21-40(32)48-43-24-10-6-18-35(43)36-19-12-20-39(46-2)44(36)48/h3-28H. The quantitative estimate of drug-likeness (QED) is 0.177. The maximum absolute atomic E-state index is 8.07. The average Bonchev–Trinajstić information content (AvgIpc) is 3.68. The van der Waals surface area contributed by atoms with Crippen LogP contribution in [0.25, 0.3) is 86.9 Å². The normalized spacial score (nSPS) is 11.3. The zero-order chi connectivity index (χ0) is 32.2. The van der Waals surface area contributed by atoms with Crippen molar-refractivity contribution in [3.05, 3.63) is 181 Å². The number of para-hydroxylation sites is 5. The van der Waals surface area contributed by atoms with Gasteiger partial charge in [0.05, 0.1) is 40.9 Å². The molecule has 7 aromatic carbocycles. The fourth-order valence-electron chi connectivity index (χ4n) is 7.30. The Labute approximate surface area is 277 Å². The summed E-state index contributed by atoms with van der Waals surface area (Å²) >= 11 is 0. The van der Waals surface area contributed by atoms with Gasteiger partial charge < -0.3 is 9.13 Å². The summed E-state index contributed by atoms with van der Waals surface area (Å²) in [6.45, 7) is 16.1. The van der Waals surface area contributed by atoms with Crippen LogP contribution in [0.15, 0.2) is 158 Å². The summed E-state index contributed by atoms with van der Waals surface area (Å²) in [6, 6.07) is 54.2. The molecule has 4 nitrogen and oxygen atoms in total. The van der Waals surface area contributed by atoms with Crippen LogP contribution in [0.5, 0.6) is 0 Å². The molecule has 0 unspecified atom stereocenters. The van der Waals surface area contributed by atoms with Crippen LogP contribution in [0, 0.1) is 13.1 Å². The van der Waals surface area contributed by atoms with E-state index in [9.17, 15) is 0 Å². The lowest BCUT2D eigenvalue weighted by Gasteiger charge is -2.16. The molecular formula is C44H26N4. The molecule has 222 valence electrons. The third kappa shape index (κ3) is 4.07. The smallest absolute Gasteiger partial charge is 0.211 e. The third-order valence-electron chi connectivity index (χ3n) is 9.36. The second-order valence-corrected chi connectivity index (χ2v) is 11.9. The van der Waals surface area contributed by atoms with Crippen LogP contribution >= 0.6 is 0 Å². The summed E-state index contributed by atoms with van der Waals surface area (Å²) in [5, 5.41) is 4.58. The maximum Gasteiger partial charge on any atom is 0.211 e. The van der Waals surface area contributed by atoms with Gasteiger partial charge in [-0.15, -0.1) is 0 Å². The molecule has 0 spiro atoms. The number of hydrogen-bond acceptors (Lipinski definition) is 0. The van der Waals surface area contributed by atoms with Gasteiger partial charge in [-0.2, -0.15) is 0 Å². The minimum absolute atomic E-state index is 0.606. The van der Waals surface area contributed by atoms with Gasteiger partial charge in [-0.25, -0.2) is 9.69 Å². The Bertz CT molecular complexity index is 2760. The van der Waals surface area contributed by atoms with Crippen LogP contribution in [0.1, 0.15) is 0 Å². The molecule has 0 aliphatic rings. The molecule has 0 N–H and O–H groups in total. The number of fused-ring (bicyclic) bond motifs is 6. The van der Waals surface area contributed by atoms with Crippen LogP contribution in [0.4, 0.5) is 11.4 Å². The lowest BCUT2D eigenvalue weighted by Crippen LogP contribution is -1.97. The van der Waals surface area contributed by atoms with Crippen molar-refractivity contribution in [2.75, 3.05) is 0 Å². The molecule has 0 bridgehead atoms. The van der Waals surface area contributed by atoms with E-state index in [1.807, 2.05) is 24.3 Å². The van der Waals surface area contributed by atoms with Gasteiger partial charge in [0.25, 0.3) is 0 Å². The predicted octanol–water partition coefficient (Wildman–Crippen LogP) is 12.3. The van der Waals surface area contributed by atoms with E-state index >= 15 is 0 Å². The molecule has 2 aromatic heterocycles. The van der Waals surface area contributed by atoms with Crippen molar-refractivity contribution in [2.24, 2.45) is 0 Å². The van der Waals surface area contributed by atoms with Gasteiger partial charge in [-0.1, -0.05) is 115 Å². The largest absolute Gasteiger partial charge is 0.318 e. The Morgan fingerprint density at radius 2 is 0.938 bits per heavy atom. The van der Waals surface area contributed by atoms with E-state index in [1.165, 1.54) is 10.8 Å². The Balaban J connectivity index is 1.25. The number of benzene rings is 7. The SMILES string of the molecule is [C-]#[N+]c1ccc(-n2c3ccccc3c3ccccc32)cc1-c1cccc(-c2ccccc2-n2c3ccccc3c3cccc([N+]#[C-])c32)c1. The fraction of sp³-hybridized carbons (Fsp3) is 0. The Kier molecular flexibility index (Phi) is 6.22. The van der Waals surface area contributed by atoms with Crippen molar-refractivity contribution in [1.82, 2.24) is 9.13 Å². The number of nitrogens with zero attached hydrogens (tertiary/aromatic N) is 4. The molecule has 4 heteroatoms. The van der Waals surface area contributed by atoms with Gasteiger partial charge in [0.1, 0.15) is 0 Å². The number of hydrogen-bond donors (Lipinski definition) is 0. The summed E-state index contributed by atoms with van der Waals surface area (Å²) in [5.74, 6) is 0. The summed E-state index contributed by atoms with van der Waals surface area (Å²) < 4.78 is 4.52. The first kappa shape index (κ1) is 27.4. The van der Waals surface area contributed by atoms with E-state index < -0.39 is 0 Å². The van der Waals surface area contributed by atoms with Crippen molar-refractivity contribution in [3.63, 3.8) is 0 Å². The van der Waals surface area contributed by atoms with E-state index in [0.29, 0.717) is 11.4 Å². The van der Waals surface area contributed by atoms with Crippen LogP contribution < -0.4 is 0 Å². The second-order valence-electron chi connectivity index (χ2n) is 11.9. The van der Waals surface area contributed by atoms with E-state index in [1.54, 1.807) is 0 Å². The Hall–Kier alpha value is -6.88. The number of rotatable bonds is 4. The third-order valence-corrected chi connectivity index (χ3v) is 9.36. The van der Waals surface area contributed by atoms with Gasteiger partial charge in [-0.05, 0) is 64.5 Å².